The van der Waals surface area contributed by atoms with Crippen LogP contribution in [0.3, 0.4) is 0 Å². The topological polar surface area (TPSA) is 75.7 Å². The Hall–Kier alpha value is -3.15. The molecular formula is C20H22N2O4. The molecule has 6 nitrogen and oxygen atoms in total. The molecular weight excluding hydrogens is 332 g/mol. The molecule has 0 aliphatic rings. The molecule has 0 bridgehead atoms. The number of likely N-dealkylation sites (N-methyl/N-ethyl adjacent to an activating group) is 1. The highest BCUT2D eigenvalue weighted by Gasteiger charge is 2.19. The van der Waals surface area contributed by atoms with Crippen molar-refractivity contribution in [3.05, 3.63) is 60.2 Å². The van der Waals surface area contributed by atoms with E-state index >= 15 is 0 Å². The Morgan fingerprint density at radius 1 is 0.962 bits per heavy atom. The number of nitrogens with zero attached hydrogens (tertiary/aromatic N) is 1. The summed E-state index contributed by atoms with van der Waals surface area (Å²) in [6.07, 6.45) is -0.889. The Balaban J connectivity index is 1.88. The minimum atomic E-state index is -0.889. The molecule has 0 saturated heterocycles. The third-order valence-electron chi connectivity index (χ3n) is 3.74. The lowest BCUT2D eigenvalue weighted by Crippen LogP contribution is -2.38. The summed E-state index contributed by atoms with van der Waals surface area (Å²) < 4.78 is 4.99. The molecule has 0 heterocycles. The summed E-state index contributed by atoms with van der Waals surface area (Å²) in [5.41, 5.74) is 2.50. The maximum absolute atomic E-state index is 12.1. The first-order valence-corrected chi connectivity index (χ1v) is 8.23. The van der Waals surface area contributed by atoms with E-state index in [1.807, 2.05) is 42.5 Å². The van der Waals surface area contributed by atoms with Crippen molar-refractivity contribution >= 4 is 17.8 Å². The van der Waals surface area contributed by atoms with Gasteiger partial charge in [0.2, 0.25) is 0 Å². The molecule has 2 rings (SSSR count). The predicted octanol–water partition coefficient (Wildman–Crippen LogP) is 2.10. The van der Waals surface area contributed by atoms with Crippen LogP contribution in [-0.4, -0.2) is 49.4 Å². The molecule has 1 N–H and O–H groups in total. The van der Waals surface area contributed by atoms with Gasteiger partial charge in [0.25, 0.3) is 11.8 Å². The van der Waals surface area contributed by atoms with Crippen LogP contribution in [0, 0.1) is 0 Å². The van der Waals surface area contributed by atoms with E-state index in [4.69, 9.17) is 4.74 Å². The molecule has 0 aliphatic carbocycles. The highest BCUT2D eigenvalue weighted by Crippen LogP contribution is 2.19. The average Bonchev–Trinajstić information content (AvgIpc) is 2.66. The first-order chi connectivity index (χ1) is 12.4. The Kier molecular flexibility index (Phi) is 6.49. The zero-order chi connectivity index (χ0) is 19.1. The van der Waals surface area contributed by atoms with Gasteiger partial charge in [0.05, 0.1) is 0 Å². The van der Waals surface area contributed by atoms with E-state index in [-0.39, 0.29) is 18.4 Å². The average molecular weight is 354 g/mol. The van der Waals surface area contributed by atoms with Crippen LogP contribution < -0.4 is 5.32 Å². The van der Waals surface area contributed by atoms with Crippen molar-refractivity contribution < 1.29 is 19.1 Å². The molecule has 0 unspecified atom stereocenters. The Morgan fingerprint density at radius 2 is 1.54 bits per heavy atom. The SMILES string of the molecule is C[C@H](OC(=O)CNC(=O)c1ccc(-c2ccccc2)cc1)C(=O)N(C)C. The molecule has 0 saturated carbocycles. The van der Waals surface area contributed by atoms with E-state index in [0.717, 1.165) is 11.1 Å². The minimum absolute atomic E-state index is 0.301. The van der Waals surface area contributed by atoms with Crippen molar-refractivity contribution in [1.29, 1.82) is 0 Å². The van der Waals surface area contributed by atoms with Crippen LogP contribution in [0.4, 0.5) is 0 Å². The molecule has 2 aromatic rings. The van der Waals surface area contributed by atoms with E-state index in [1.54, 1.807) is 26.2 Å². The van der Waals surface area contributed by atoms with E-state index < -0.39 is 12.1 Å². The van der Waals surface area contributed by atoms with E-state index in [9.17, 15) is 14.4 Å². The van der Waals surface area contributed by atoms with Gasteiger partial charge < -0.3 is 15.0 Å². The van der Waals surface area contributed by atoms with E-state index in [1.165, 1.54) is 11.8 Å². The predicted molar refractivity (Wildman–Crippen MR) is 98.5 cm³/mol. The number of hydrogen-bond donors (Lipinski definition) is 1. The molecule has 6 heteroatoms. The second-order valence-corrected chi connectivity index (χ2v) is 5.99. The lowest BCUT2D eigenvalue weighted by atomic mass is 10.0. The number of carbonyl (C=O) groups excluding carboxylic acids is 3. The van der Waals surface area contributed by atoms with Crippen molar-refractivity contribution in [2.75, 3.05) is 20.6 Å². The van der Waals surface area contributed by atoms with Gasteiger partial charge in [-0.05, 0) is 30.2 Å². The van der Waals surface area contributed by atoms with Gasteiger partial charge in [-0.15, -0.1) is 0 Å². The van der Waals surface area contributed by atoms with Gasteiger partial charge in [-0.2, -0.15) is 0 Å². The van der Waals surface area contributed by atoms with Gasteiger partial charge in [-0.25, -0.2) is 0 Å². The third-order valence-corrected chi connectivity index (χ3v) is 3.74. The standard InChI is InChI=1S/C20H22N2O4/c1-14(20(25)22(2)3)26-18(23)13-21-19(24)17-11-9-16(10-12-17)15-7-5-4-6-8-15/h4-12,14H,13H2,1-3H3,(H,21,24)/t14-/m0/s1. The monoisotopic (exact) mass is 354 g/mol. The fraction of sp³-hybridized carbons (Fsp3) is 0.250. The summed E-state index contributed by atoms with van der Waals surface area (Å²) in [4.78, 5) is 36.9. The summed E-state index contributed by atoms with van der Waals surface area (Å²) in [6, 6.07) is 16.9. The maximum atomic E-state index is 12.1. The van der Waals surface area contributed by atoms with Crippen molar-refractivity contribution in [3.63, 3.8) is 0 Å². The molecule has 136 valence electrons. The van der Waals surface area contributed by atoms with Crippen molar-refractivity contribution in [1.82, 2.24) is 10.2 Å². The van der Waals surface area contributed by atoms with Gasteiger partial charge >= 0.3 is 5.97 Å². The van der Waals surface area contributed by atoms with Crippen LogP contribution in [0.5, 0.6) is 0 Å². The normalized spacial score (nSPS) is 11.3. The Labute approximate surface area is 152 Å². The number of esters is 1. The Bertz CT molecular complexity index is 770. The van der Waals surface area contributed by atoms with Gasteiger partial charge in [-0.3, -0.25) is 14.4 Å². The molecule has 2 amide bonds. The quantitative estimate of drug-likeness (QED) is 0.806. The zero-order valence-electron chi connectivity index (χ0n) is 15.1. The third kappa shape index (κ3) is 5.17. The largest absolute Gasteiger partial charge is 0.451 e. The van der Waals surface area contributed by atoms with Crippen LogP contribution in [-0.2, 0) is 14.3 Å². The molecule has 0 aliphatic heterocycles. The van der Waals surface area contributed by atoms with Crippen molar-refractivity contribution in [2.24, 2.45) is 0 Å². The summed E-state index contributed by atoms with van der Waals surface area (Å²) >= 11 is 0. The molecule has 1 atom stereocenters. The highest BCUT2D eigenvalue weighted by atomic mass is 16.5. The van der Waals surface area contributed by atoms with Gasteiger partial charge in [0.15, 0.2) is 6.10 Å². The smallest absolute Gasteiger partial charge is 0.326 e. The fourth-order valence-electron chi connectivity index (χ4n) is 2.35. The fourth-order valence-corrected chi connectivity index (χ4v) is 2.35. The van der Waals surface area contributed by atoms with E-state index in [0.29, 0.717) is 5.56 Å². The Morgan fingerprint density at radius 3 is 2.12 bits per heavy atom. The molecule has 26 heavy (non-hydrogen) atoms. The zero-order valence-corrected chi connectivity index (χ0v) is 15.1. The van der Waals surface area contributed by atoms with Crippen LogP contribution >= 0.6 is 0 Å². The van der Waals surface area contributed by atoms with Crippen LogP contribution in [0.15, 0.2) is 54.6 Å². The van der Waals surface area contributed by atoms with Crippen LogP contribution in [0.2, 0.25) is 0 Å². The molecule has 0 fully saturated rings. The first kappa shape index (κ1) is 19.2. The van der Waals surface area contributed by atoms with Crippen LogP contribution in [0.25, 0.3) is 11.1 Å². The summed E-state index contributed by atoms with van der Waals surface area (Å²) in [5, 5.41) is 2.49. The lowest BCUT2D eigenvalue weighted by molar-refractivity contribution is -0.157. The number of rotatable bonds is 6. The van der Waals surface area contributed by atoms with Gasteiger partial charge in [-0.1, -0.05) is 42.5 Å². The second kappa shape index (κ2) is 8.80. The molecule has 0 aromatic heterocycles. The highest BCUT2D eigenvalue weighted by molar-refractivity contribution is 5.96. The molecule has 0 radical (unpaired) electrons. The summed E-state index contributed by atoms with van der Waals surface area (Å²) in [6.45, 7) is 1.19. The minimum Gasteiger partial charge on any atom is -0.451 e. The van der Waals surface area contributed by atoms with Crippen LogP contribution in [0.1, 0.15) is 17.3 Å². The number of benzene rings is 2. The maximum Gasteiger partial charge on any atom is 0.326 e. The van der Waals surface area contributed by atoms with Crippen molar-refractivity contribution in [2.45, 2.75) is 13.0 Å². The number of amides is 2. The second-order valence-electron chi connectivity index (χ2n) is 5.99. The molecule has 0 spiro atoms. The number of hydrogen-bond acceptors (Lipinski definition) is 4. The number of ether oxygens (including phenoxy) is 1. The number of carbonyl (C=O) groups is 3. The van der Waals surface area contributed by atoms with Crippen molar-refractivity contribution in [3.8, 4) is 11.1 Å². The first-order valence-electron chi connectivity index (χ1n) is 8.23. The summed E-state index contributed by atoms with van der Waals surface area (Å²) in [5.74, 6) is -1.36. The lowest BCUT2D eigenvalue weighted by Gasteiger charge is -2.17. The van der Waals surface area contributed by atoms with E-state index in [2.05, 4.69) is 5.32 Å². The van der Waals surface area contributed by atoms with Gasteiger partial charge in [0.1, 0.15) is 6.54 Å². The van der Waals surface area contributed by atoms with Gasteiger partial charge in [0, 0.05) is 19.7 Å². The summed E-state index contributed by atoms with van der Waals surface area (Å²) in [7, 11) is 3.15. The molecule has 2 aromatic carbocycles. The number of nitrogens with one attached hydrogen (secondary N) is 1.